The molecule has 180 valence electrons. The Morgan fingerprint density at radius 3 is 2.83 bits per heavy atom. The van der Waals surface area contributed by atoms with Gasteiger partial charge in [-0.1, -0.05) is 0 Å². The van der Waals surface area contributed by atoms with Gasteiger partial charge in [-0.05, 0) is 44.9 Å². The van der Waals surface area contributed by atoms with E-state index in [0.29, 0.717) is 23.2 Å². The van der Waals surface area contributed by atoms with Crippen LogP contribution in [0.15, 0.2) is 43.0 Å². The Hall–Kier alpha value is -4.19. The molecular formula is C26H30N8O. The van der Waals surface area contributed by atoms with E-state index in [0.717, 1.165) is 41.9 Å². The lowest BCUT2D eigenvalue weighted by Gasteiger charge is -2.33. The van der Waals surface area contributed by atoms with E-state index in [1.807, 2.05) is 38.2 Å². The van der Waals surface area contributed by atoms with Crippen LogP contribution in [0.1, 0.15) is 37.8 Å². The molecule has 0 radical (unpaired) electrons. The monoisotopic (exact) mass is 470 g/mol. The van der Waals surface area contributed by atoms with Crippen molar-refractivity contribution < 1.29 is 4.79 Å². The smallest absolute Gasteiger partial charge is 0.225 e. The number of fused-ring (bicyclic) bond motifs is 1. The average Bonchev–Trinajstić information content (AvgIpc) is 3.29. The summed E-state index contributed by atoms with van der Waals surface area (Å²) in [6, 6.07) is 8.25. The lowest BCUT2D eigenvalue weighted by atomic mass is 9.96. The number of amides is 1. The summed E-state index contributed by atoms with van der Waals surface area (Å²) in [6.45, 7) is 5.45. The van der Waals surface area contributed by atoms with Crippen LogP contribution in [-0.4, -0.2) is 52.9 Å². The normalized spacial score (nSPS) is 16.3. The Bertz CT molecular complexity index is 1300. The lowest BCUT2D eigenvalue weighted by molar-refractivity contribution is -0.125. The van der Waals surface area contributed by atoms with Crippen LogP contribution < -0.4 is 15.5 Å². The molecule has 0 aliphatic carbocycles. The molecule has 9 nitrogen and oxygen atoms in total. The highest BCUT2D eigenvalue weighted by atomic mass is 16.2. The predicted molar refractivity (Wildman–Crippen MR) is 137 cm³/mol. The minimum absolute atomic E-state index is 0.0487. The molecule has 3 aromatic heterocycles. The third-order valence-electron chi connectivity index (χ3n) is 6.13. The number of nitriles is 1. The molecule has 1 saturated heterocycles. The van der Waals surface area contributed by atoms with E-state index in [9.17, 15) is 10.1 Å². The zero-order chi connectivity index (χ0) is 24.9. The Morgan fingerprint density at radius 2 is 2.17 bits per heavy atom. The molecular weight excluding hydrogens is 440 g/mol. The number of rotatable bonds is 7. The molecule has 3 N–H and O–H groups in total. The van der Waals surface area contributed by atoms with E-state index in [2.05, 4.69) is 26.7 Å². The van der Waals surface area contributed by atoms with Crippen molar-refractivity contribution >= 4 is 29.0 Å². The van der Waals surface area contributed by atoms with Crippen LogP contribution in [-0.2, 0) is 4.79 Å². The number of hydrogen-bond acceptors (Lipinski definition) is 7. The maximum atomic E-state index is 12.5. The Kier molecular flexibility index (Phi) is 7.11. The van der Waals surface area contributed by atoms with E-state index < -0.39 is 0 Å². The summed E-state index contributed by atoms with van der Waals surface area (Å²) in [6.07, 6.45) is 10.00. The molecule has 1 unspecified atom stereocenters. The summed E-state index contributed by atoms with van der Waals surface area (Å²) in [5.41, 5.74) is 4.31. The Labute approximate surface area is 205 Å². The fourth-order valence-corrected chi connectivity index (χ4v) is 4.48. The minimum Gasteiger partial charge on any atom is -0.393 e. The number of nitrogens with zero attached hydrogens (tertiary/aromatic N) is 5. The molecule has 3 aromatic rings. The molecule has 35 heavy (non-hydrogen) atoms. The fraction of sp³-hybridized carbons (Fsp3) is 0.346. The van der Waals surface area contributed by atoms with Crippen molar-refractivity contribution in [2.24, 2.45) is 5.92 Å². The number of pyridine rings is 2. The fourth-order valence-electron chi connectivity index (χ4n) is 4.48. The molecule has 1 aliphatic heterocycles. The Balaban J connectivity index is 1.68. The number of piperidine rings is 1. The molecule has 9 heteroatoms. The van der Waals surface area contributed by atoms with Gasteiger partial charge in [0.25, 0.3) is 0 Å². The molecule has 1 amide bonds. The number of carbonyl (C=O) groups excluding carboxylic acids is 1. The number of aromatic nitrogens is 3. The molecule has 0 bridgehead atoms. The van der Waals surface area contributed by atoms with E-state index in [-0.39, 0.29) is 17.9 Å². The summed E-state index contributed by atoms with van der Waals surface area (Å²) in [4.78, 5) is 19.4. The minimum atomic E-state index is -0.0487. The van der Waals surface area contributed by atoms with Gasteiger partial charge in [-0.25, -0.2) is 9.50 Å². The van der Waals surface area contributed by atoms with Crippen molar-refractivity contribution in [3.63, 3.8) is 0 Å². The predicted octanol–water partition coefficient (Wildman–Crippen LogP) is 3.22. The quantitative estimate of drug-likeness (QED) is 0.456. The van der Waals surface area contributed by atoms with E-state index >= 15 is 0 Å². The largest absolute Gasteiger partial charge is 0.393 e. The number of allylic oxidation sites excluding steroid dienone is 1. The van der Waals surface area contributed by atoms with Crippen LogP contribution in [0.5, 0.6) is 0 Å². The summed E-state index contributed by atoms with van der Waals surface area (Å²) in [5, 5.41) is 27.8. The van der Waals surface area contributed by atoms with Gasteiger partial charge in [-0.15, -0.1) is 0 Å². The maximum absolute atomic E-state index is 12.5. The summed E-state index contributed by atoms with van der Waals surface area (Å²) < 4.78 is 1.67. The molecule has 4 heterocycles. The first-order valence-electron chi connectivity index (χ1n) is 11.8. The Morgan fingerprint density at radius 1 is 1.34 bits per heavy atom. The molecule has 0 saturated carbocycles. The highest BCUT2D eigenvalue weighted by Crippen LogP contribution is 2.31. The molecule has 1 atom stereocenters. The first kappa shape index (κ1) is 24.0. The number of anilines is 1. The van der Waals surface area contributed by atoms with Gasteiger partial charge < -0.3 is 20.9 Å². The van der Waals surface area contributed by atoms with Gasteiger partial charge in [-0.2, -0.15) is 10.4 Å². The molecule has 4 rings (SSSR count). The number of carbonyl (C=O) groups is 1. The first-order valence-corrected chi connectivity index (χ1v) is 11.8. The maximum Gasteiger partial charge on any atom is 0.225 e. The van der Waals surface area contributed by atoms with E-state index in [1.165, 1.54) is 6.21 Å². The molecule has 1 fully saturated rings. The van der Waals surface area contributed by atoms with E-state index in [4.69, 9.17) is 10.4 Å². The second-order valence-electron chi connectivity index (χ2n) is 8.99. The van der Waals surface area contributed by atoms with Crippen molar-refractivity contribution in [3.05, 3.63) is 54.1 Å². The second-order valence-corrected chi connectivity index (χ2v) is 8.99. The van der Waals surface area contributed by atoms with Crippen molar-refractivity contribution in [3.8, 4) is 17.2 Å². The van der Waals surface area contributed by atoms with Crippen molar-refractivity contribution in [2.45, 2.75) is 32.7 Å². The average molecular weight is 471 g/mol. The van der Waals surface area contributed by atoms with Crippen LogP contribution in [0.4, 0.5) is 5.82 Å². The lowest BCUT2D eigenvalue weighted by Crippen LogP contribution is -2.45. The van der Waals surface area contributed by atoms with Crippen molar-refractivity contribution in [1.82, 2.24) is 25.2 Å². The molecule has 0 aromatic carbocycles. The van der Waals surface area contributed by atoms with Gasteiger partial charge in [0, 0.05) is 73.3 Å². The van der Waals surface area contributed by atoms with Crippen molar-refractivity contribution in [2.75, 3.05) is 25.0 Å². The van der Waals surface area contributed by atoms with Gasteiger partial charge in [0.05, 0.1) is 23.2 Å². The van der Waals surface area contributed by atoms with E-state index in [1.54, 1.807) is 30.2 Å². The topological polar surface area (TPSA) is 122 Å². The zero-order valence-electron chi connectivity index (χ0n) is 20.2. The second kappa shape index (κ2) is 10.4. The molecule has 0 spiro atoms. The van der Waals surface area contributed by atoms with Crippen LogP contribution in [0.3, 0.4) is 0 Å². The van der Waals surface area contributed by atoms with Crippen LogP contribution in [0.2, 0.25) is 0 Å². The van der Waals surface area contributed by atoms with Crippen LogP contribution >= 0.6 is 0 Å². The summed E-state index contributed by atoms with van der Waals surface area (Å²) in [5.74, 6) is 0.876. The number of hydrogen-bond donors (Lipinski definition) is 3. The standard InChI is InChI=1S/C26H30N8O/c1-17(2)32-26(35)19-5-4-8-33(15-19)24-7-6-18(13-30-24)23-9-20(21(10-27)12-29-3)16-34-25(23)22(11-28)14-31-34/h6-7,9-10,12-14,16-17,19,27,29H,4-5,8,15H2,1-3H3,(H,32,35)/b21-12+,27-10?. The highest BCUT2D eigenvalue weighted by Gasteiger charge is 2.27. The van der Waals surface area contributed by atoms with Gasteiger partial charge in [-0.3, -0.25) is 4.79 Å². The first-order chi connectivity index (χ1) is 16.9. The van der Waals surface area contributed by atoms with Crippen LogP contribution in [0, 0.1) is 22.7 Å². The van der Waals surface area contributed by atoms with Gasteiger partial charge >= 0.3 is 0 Å². The zero-order valence-corrected chi connectivity index (χ0v) is 20.2. The van der Waals surface area contributed by atoms with Gasteiger partial charge in [0.15, 0.2) is 0 Å². The third-order valence-corrected chi connectivity index (χ3v) is 6.13. The van der Waals surface area contributed by atoms with Gasteiger partial charge in [0.2, 0.25) is 5.91 Å². The van der Waals surface area contributed by atoms with Crippen LogP contribution in [0.25, 0.3) is 22.2 Å². The highest BCUT2D eigenvalue weighted by molar-refractivity contribution is 6.08. The number of nitrogens with one attached hydrogen (secondary N) is 3. The third kappa shape index (κ3) is 5.01. The SMILES string of the molecule is CN/C=C(\C=N)c1cc(-c2ccc(N3CCCC(C(=O)NC(C)C)C3)nc2)c2c(C#N)cnn2c1. The molecule has 1 aliphatic rings. The summed E-state index contributed by atoms with van der Waals surface area (Å²) >= 11 is 0. The van der Waals surface area contributed by atoms with Gasteiger partial charge in [0.1, 0.15) is 11.9 Å². The van der Waals surface area contributed by atoms with Crippen molar-refractivity contribution in [1.29, 1.82) is 10.7 Å². The summed E-state index contributed by atoms with van der Waals surface area (Å²) in [7, 11) is 1.78.